The van der Waals surface area contributed by atoms with Crippen molar-refractivity contribution in [3.8, 4) is 0 Å². The normalized spacial score (nSPS) is 9.73. The maximum absolute atomic E-state index is 11.0. The van der Waals surface area contributed by atoms with Crippen LogP contribution in [0.25, 0.3) is 0 Å². The van der Waals surface area contributed by atoms with Crippen LogP contribution in [0, 0.1) is 0 Å². The monoisotopic (exact) mass is 225 g/mol. The Morgan fingerprint density at radius 1 is 1.67 bits per heavy atom. The van der Waals surface area contributed by atoms with Crippen LogP contribution in [0.2, 0.25) is 5.02 Å². The highest BCUT2D eigenvalue weighted by atomic mass is 35.5. The number of anilines is 1. The Morgan fingerprint density at radius 2 is 2.40 bits per heavy atom. The fraction of sp³-hybridized carbons (Fsp3) is 0.182. The van der Waals surface area contributed by atoms with E-state index in [1.807, 2.05) is 0 Å². The van der Waals surface area contributed by atoms with E-state index < -0.39 is 0 Å². The Kier molecular flexibility index (Phi) is 4.34. The summed E-state index contributed by atoms with van der Waals surface area (Å²) >= 11 is 5.93. The van der Waals surface area contributed by atoms with Crippen LogP contribution in [0.3, 0.4) is 0 Å². The molecule has 1 amide bonds. The summed E-state index contributed by atoms with van der Waals surface area (Å²) in [4.78, 5) is 11.0. The minimum atomic E-state index is -0.249. The second-order valence-electron chi connectivity index (χ2n) is 2.93. The largest absolute Gasteiger partial charge is 0.380 e. The zero-order valence-corrected chi connectivity index (χ0v) is 9.17. The van der Waals surface area contributed by atoms with Gasteiger partial charge in [-0.3, -0.25) is 4.79 Å². The number of amides is 1. The number of methoxy groups -OCH3 is 1. The first kappa shape index (κ1) is 11.8. The molecule has 0 aromatic heterocycles. The summed E-state index contributed by atoms with van der Waals surface area (Å²) in [6.07, 6.45) is 1.21. The standard InChI is InChI=1S/C11H12ClNO2/c1-3-11(14)13-9-4-5-10(12)8(6-9)7-15-2/h3-6H,1,7H2,2H3,(H,13,14). The van der Waals surface area contributed by atoms with Gasteiger partial charge in [0.25, 0.3) is 0 Å². The third kappa shape index (κ3) is 3.38. The van der Waals surface area contributed by atoms with Gasteiger partial charge in [0.15, 0.2) is 0 Å². The molecule has 0 aliphatic rings. The minimum absolute atomic E-state index is 0.249. The first-order valence-electron chi connectivity index (χ1n) is 4.38. The van der Waals surface area contributed by atoms with Crippen molar-refractivity contribution in [2.75, 3.05) is 12.4 Å². The topological polar surface area (TPSA) is 38.3 Å². The van der Waals surface area contributed by atoms with Crippen LogP contribution in [0.1, 0.15) is 5.56 Å². The molecule has 1 rings (SSSR count). The number of hydrogen-bond acceptors (Lipinski definition) is 2. The first-order valence-corrected chi connectivity index (χ1v) is 4.76. The molecule has 0 atom stereocenters. The van der Waals surface area contributed by atoms with Crippen LogP contribution in [0.4, 0.5) is 5.69 Å². The lowest BCUT2D eigenvalue weighted by molar-refractivity contribution is -0.111. The van der Waals surface area contributed by atoms with Gasteiger partial charge < -0.3 is 10.1 Å². The molecule has 1 N–H and O–H groups in total. The van der Waals surface area contributed by atoms with Gasteiger partial charge in [0, 0.05) is 17.8 Å². The second-order valence-corrected chi connectivity index (χ2v) is 3.34. The van der Waals surface area contributed by atoms with Crippen molar-refractivity contribution in [1.29, 1.82) is 0 Å². The number of halogens is 1. The Balaban J connectivity index is 2.86. The highest BCUT2D eigenvalue weighted by molar-refractivity contribution is 6.31. The maximum atomic E-state index is 11.0. The van der Waals surface area contributed by atoms with E-state index in [-0.39, 0.29) is 5.91 Å². The quantitative estimate of drug-likeness (QED) is 0.800. The van der Waals surface area contributed by atoms with Gasteiger partial charge in [-0.15, -0.1) is 0 Å². The van der Waals surface area contributed by atoms with E-state index in [1.54, 1.807) is 25.3 Å². The number of hydrogen-bond donors (Lipinski definition) is 1. The highest BCUT2D eigenvalue weighted by Crippen LogP contribution is 2.21. The summed E-state index contributed by atoms with van der Waals surface area (Å²) in [6.45, 7) is 3.78. The molecule has 0 fully saturated rings. The molecule has 0 radical (unpaired) electrons. The third-order valence-electron chi connectivity index (χ3n) is 1.80. The molecule has 0 saturated heterocycles. The van der Waals surface area contributed by atoms with E-state index in [4.69, 9.17) is 16.3 Å². The summed E-state index contributed by atoms with van der Waals surface area (Å²) in [5.41, 5.74) is 1.51. The van der Waals surface area contributed by atoms with Gasteiger partial charge in [-0.05, 0) is 29.8 Å². The van der Waals surface area contributed by atoms with E-state index in [2.05, 4.69) is 11.9 Å². The number of rotatable bonds is 4. The van der Waals surface area contributed by atoms with Gasteiger partial charge in [0.1, 0.15) is 0 Å². The number of ether oxygens (including phenoxy) is 1. The van der Waals surface area contributed by atoms with E-state index in [0.29, 0.717) is 17.3 Å². The first-order chi connectivity index (χ1) is 7.17. The van der Waals surface area contributed by atoms with E-state index >= 15 is 0 Å². The lowest BCUT2D eigenvalue weighted by Gasteiger charge is -2.07. The molecule has 0 bridgehead atoms. The molecule has 0 unspecified atom stereocenters. The molecular formula is C11H12ClNO2. The molecule has 0 aliphatic carbocycles. The Labute approximate surface area is 93.7 Å². The molecule has 80 valence electrons. The van der Waals surface area contributed by atoms with Crippen LogP contribution >= 0.6 is 11.6 Å². The fourth-order valence-electron chi connectivity index (χ4n) is 1.11. The smallest absolute Gasteiger partial charge is 0.247 e. The van der Waals surface area contributed by atoms with Crippen LogP contribution in [-0.2, 0) is 16.1 Å². The van der Waals surface area contributed by atoms with Crippen LogP contribution in [-0.4, -0.2) is 13.0 Å². The SMILES string of the molecule is C=CC(=O)Nc1ccc(Cl)c(COC)c1. The third-order valence-corrected chi connectivity index (χ3v) is 2.17. The van der Waals surface area contributed by atoms with Gasteiger partial charge in [0.05, 0.1) is 6.61 Å². The van der Waals surface area contributed by atoms with Crippen molar-refractivity contribution < 1.29 is 9.53 Å². The van der Waals surface area contributed by atoms with Crippen molar-refractivity contribution in [2.24, 2.45) is 0 Å². The summed E-state index contributed by atoms with van der Waals surface area (Å²) in [6, 6.07) is 5.21. The number of carbonyl (C=O) groups excluding carboxylic acids is 1. The lowest BCUT2D eigenvalue weighted by atomic mass is 10.2. The van der Waals surface area contributed by atoms with Crippen LogP contribution < -0.4 is 5.32 Å². The molecule has 3 nitrogen and oxygen atoms in total. The van der Waals surface area contributed by atoms with Crippen LogP contribution in [0.15, 0.2) is 30.9 Å². The van der Waals surface area contributed by atoms with E-state index in [1.165, 1.54) is 6.08 Å². The summed E-state index contributed by atoms with van der Waals surface area (Å²) < 4.78 is 4.98. The van der Waals surface area contributed by atoms with Gasteiger partial charge >= 0.3 is 0 Å². The summed E-state index contributed by atoms with van der Waals surface area (Å²) in [5, 5.41) is 3.27. The zero-order chi connectivity index (χ0) is 11.3. The molecule has 0 spiro atoms. The van der Waals surface area contributed by atoms with Gasteiger partial charge in [0.2, 0.25) is 5.91 Å². The van der Waals surface area contributed by atoms with Crippen molar-refractivity contribution >= 4 is 23.2 Å². The molecule has 15 heavy (non-hydrogen) atoms. The predicted octanol–water partition coefficient (Wildman–Crippen LogP) is 2.61. The molecule has 4 heteroatoms. The van der Waals surface area contributed by atoms with Crippen molar-refractivity contribution in [2.45, 2.75) is 6.61 Å². The van der Waals surface area contributed by atoms with E-state index in [0.717, 1.165) is 5.56 Å². The molecular weight excluding hydrogens is 214 g/mol. The van der Waals surface area contributed by atoms with Gasteiger partial charge in [-0.25, -0.2) is 0 Å². The van der Waals surface area contributed by atoms with Crippen LogP contribution in [0.5, 0.6) is 0 Å². The van der Waals surface area contributed by atoms with Crippen molar-refractivity contribution in [3.63, 3.8) is 0 Å². The number of carbonyl (C=O) groups is 1. The fourth-order valence-corrected chi connectivity index (χ4v) is 1.28. The molecule has 0 saturated carbocycles. The Bertz CT molecular complexity index is 377. The molecule has 0 aliphatic heterocycles. The Hall–Kier alpha value is -1.32. The molecule has 1 aromatic carbocycles. The summed E-state index contributed by atoms with van der Waals surface area (Å²) in [7, 11) is 1.59. The Morgan fingerprint density at radius 3 is 3.00 bits per heavy atom. The average molecular weight is 226 g/mol. The number of nitrogens with one attached hydrogen (secondary N) is 1. The zero-order valence-electron chi connectivity index (χ0n) is 8.42. The molecule has 0 heterocycles. The molecule has 1 aromatic rings. The number of benzene rings is 1. The van der Waals surface area contributed by atoms with E-state index in [9.17, 15) is 4.79 Å². The summed E-state index contributed by atoms with van der Waals surface area (Å²) in [5.74, 6) is -0.249. The van der Waals surface area contributed by atoms with Gasteiger partial charge in [-0.1, -0.05) is 18.2 Å². The maximum Gasteiger partial charge on any atom is 0.247 e. The highest BCUT2D eigenvalue weighted by Gasteiger charge is 2.03. The predicted molar refractivity (Wildman–Crippen MR) is 61.0 cm³/mol. The van der Waals surface area contributed by atoms with Crippen molar-refractivity contribution in [3.05, 3.63) is 41.4 Å². The minimum Gasteiger partial charge on any atom is -0.380 e. The lowest BCUT2D eigenvalue weighted by Crippen LogP contribution is -2.07. The van der Waals surface area contributed by atoms with Crippen molar-refractivity contribution in [1.82, 2.24) is 0 Å². The second kappa shape index (κ2) is 5.53. The average Bonchev–Trinajstić information content (AvgIpc) is 2.23. The van der Waals surface area contributed by atoms with Gasteiger partial charge in [-0.2, -0.15) is 0 Å².